The largest absolute Gasteiger partial charge is 0.388 e. The second-order valence-corrected chi connectivity index (χ2v) is 5.55. The number of hydrogen-bond donors (Lipinski definition) is 2. The number of hydrogen-bond acceptors (Lipinski definition) is 2. The van der Waals surface area contributed by atoms with Gasteiger partial charge < -0.3 is 10.4 Å². The lowest BCUT2D eigenvalue weighted by Gasteiger charge is -2.21. The molecule has 4 heteroatoms. The molecule has 1 unspecified atom stereocenters. The lowest BCUT2D eigenvalue weighted by atomic mass is 10.0. The lowest BCUT2D eigenvalue weighted by molar-refractivity contribution is 0.0518. The second-order valence-electron chi connectivity index (χ2n) is 4.47. The van der Waals surface area contributed by atoms with Gasteiger partial charge in [-0.25, -0.2) is 0 Å². The Morgan fingerprint density at radius 3 is 2.76 bits per heavy atom. The number of benzene rings is 1. The number of nitrogens with one attached hydrogen (secondary N) is 1. The minimum Gasteiger partial charge on any atom is -0.388 e. The van der Waals surface area contributed by atoms with E-state index in [2.05, 4.69) is 27.9 Å². The normalized spacial score (nSPS) is 14.2. The molecule has 94 valence electrons. The molecule has 17 heavy (non-hydrogen) atoms. The first-order valence-electron chi connectivity index (χ1n) is 5.63. The van der Waals surface area contributed by atoms with Crippen LogP contribution in [0.4, 0.5) is 0 Å². The predicted octanol–water partition coefficient (Wildman–Crippen LogP) is 2.49. The quantitative estimate of drug-likeness (QED) is 0.823. The third-order valence-corrected chi connectivity index (χ3v) is 4.26. The molecule has 0 saturated carbocycles. The Bertz CT molecular complexity index is 416. The molecule has 1 aromatic rings. The Balaban J connectivity index is 2.74. The topological polar surface area (TPSA) is 49.3 Å². The standard InChI is InChI=1S/C13H18INO2/c1-4-13(3,17)8-15-12(16)10-7-5-6-9(2)11(10)14/h5-7,17H,4,8H2,1-3H3,(H,15,16). The van der Waals surface area contributed by atoms with E-state index in [1.54, 1.807) is 13.0 Å². The van der Waals surface area contributed by atoms with Crippen molar-refractivity contribution in [1.29, 1.82) is 0 Å². The summed E-state index contributed by atoms with van der Waals surface area (Å²) in [6.07, 6.45) is 0.609. The highest BCUT2D eigenvalue weighted by Gasteiger charge is 2.19. The summed E-state index contributed by atoms with van der Waals surface area (Å²) >= 11 is 2.17. The van der Waals surface area contributed by atoms with Crippen LogP contribution in [0.15, 0.2) is 18.2 Å². The van der Waals surface area contributed by atoms with E-state index in [4.69, 9.17) is 0 Å². The zero-order valence-electron chi connectivity index (χ0n) is 10.4. The second kappa shape index (κ2) is 5.82. The summed E-state index contributed by atoms with van der Waals surface area (Å²) in [7, 11) is 0. The SMILES string of the molecule is CCC(C)(O)CNC(=O)c1cccc(C)c1I. The first-order valence-corrected chi connectivity index (χ1v) is 6.71. The highest BCUT2D eigenvalue weighted by atomic mass is 127. The molecule has 0 radical (unpaired) electrons. The molecule has 0 fully saturated rings. The molecule has 0 heterocycles. The van der Waals surface area contributed by atoms with Crippen LogP contribution in [0, 0.1) is 10.5 Å². The molecule has 0 aliphatic rings. The minimum absolute atomic E-state index is 0.133. The molecule has 3 nitrogen and oxygen atoms in total. The van der Waals surface area contributed by atoms with Crippen molar-refractivity contribution in [2.75, 3.05) is 6.54 Å². The highest BCUT2D eigenvalue weighted by Crippen LogP contribution is 2.16. The van der Waals surface area contributed by atoms with Crippen molar-refractivity contribution in [3.63, 3.8) is 0 Å². The number of carbonyl (C=O) groups excluding carboxylic acids is 1. The maximum Gasteiger partial charge on any atom is 0.252 e. The average Bonchev–Trinajstić information content (AvgIpc) is 2.30. The number of amides is 1. The van der Waals surface area contributed by atoms with Crippen molar-refractivity contribution in [3.05, 3.63) is 32.9 Å². The minimum atomic E-state index is -0.842. The van der Waals surface area contributed by atoms with Gasteiger partial charge in [0.15, 0.2) is 0 Å². The van der Waals surface area contributed by atoms with Crippen molar-refractivity contribution in [2.24, 2.45) is 0 Å². The third-order valence-electron chi connectivity index (χ3n) is 2.83. The van der Waals surface area contributed by atoms with Crippen LogP contribution < -0.4 is 5.32 Å². The molecule has 0 bridgehead atoms. The van der Waals surface area contributed by atoms with Crippen molar-refractivity contribution >= 4 is 28.5 Å². The molecule has 0 aliphatic heterocycles. The summed E-state index contributed by atoms with van der Waals surface area (Å²) in [6, 6.07) is 5.63. The molecular formula is C13H18INO2. The van der Waals surface area contributed by atoms with Crippen LogP contribution in [0.1, 0.15) is 36.2 Å². The van der Waals surface area contributed by atoms with E-state index in [1.807, 2.05) is 26.0 Å². The smallest absolute Gasteiger partial charge is 0.252 e. The van der Waals surface area contributed by atoms with Gasteiger partial charge in [0.25, 0.3) is 5.91 Å². The zero-order valence-corrected chi connectivity index (χ0v) is 12.5. The fourth-order valence-corrected chi connectivity index (χ4v) is 1.92. The van der Waals surface area contributed by atoms with Gasteiger partial charge in [-0.1, -0.05) is 19.1 Å². The Morgan fingerprint density at radius 1 is 1.53 bits per heavy atom. The molecule has 0 spiro atoms. The molecule has 1 amide bonds. The summed E-state index contributed by atoms with van der Waals surface area (Å²) in [5, 5.41) is 12.6. The number of rotatable bonds is 4. The van der Waals surface area contributed by atoms with Crippen LogP contribution in [0.2, 0.25) is 0 Å². The van der Waals surface area contributed by atoms with Gasteiger partial charge in [-0.15, -0.1) is 0 Å². The first kappa shape index (κ1) is 14.4. The number of carbonyl (C=O) groups is 1. The van der Waals surface area contributed by atoms with E-state index in [0.29, 0.717) is 12.0 Å². The Morgan fingerprint density at radius 2 is 2.18 bits per heavy atom. The van der Waals surface area contributed by atoms with Crippen LogP contribution in [-0.4, -0.2) is 23.2 Å². The van der Waals surface area contributed by atoms with Gasteiger partial charge in [0.2, 0.25) is 0 Å². The number of aliphatic hydroxyl groups is 1. The van der Waals surface area contributed by atoms with Crippen LogP contribution in [0.25, 0.3) is 0 Å². The maximum atomic E-state index is 12.0. The molecular weight excluding hydrogens is 329 g/mol. The van der Waals surface area contributed by atoms with E-state index >= 15 is 0 Å². The Hall–Kier alpha value is -0.620. The van der Waals surface area contributed by atoms with Crippen LogP contribution in [0.5, 0.6) is 0 Å². The van der Waals surface area contributed by atoms with E-state index in [-0.39, 0.29) is 12.5 Å². The average molecular weight is 347 g/mol. The first-order chi connectivity index (χ1) is 7.87. The van der Waals surface area contributed by atoms with Gasteiger partial charge in [0, 0.05) is 10.1 Å². The number of aryl methyl sites for hydroxylation is 1. The van der Waals surface area contributed by atoms with Gasteiger partial charge in [-0.2, -0.15) is 0 Å². The lowest BCUT2D eigenvalue weighted by Crippen LogP contribution is -2.40. The summed E-state index contributed by atoms with van der Waals surface area (Å²) in [4.78, 5) is 12.0. The Labute approximate surface area is 116 Å². The molecule has 0 saturated heterocycles. The summed E-state index contributed by atoms with van der Waals surface area (Å²) in [6.45, 7) is 5.85. The molecule has 1 atom stereocenters. The maximum absolute atomic E-state index is 12.0. The van der Waals surface area contributed by atoms with E-state index in [1.165, 1.54) is 0 Å². The summed E-state index contributed by atoms with van der Waals surface area (Å²) in [5.41, 5.74) is 0.906. The molecule has 0 aromatic heterocycles. The van der Waals surface area contributed by atoms with Gasteiger partial charge in [0.05, 0.1) is 11.2 Å². The highest BCUT2D eigenvalue weighted by molar-refractivity contribution is 14.1. The van der Waals surface area contributed by atoms with Crippen molar-refractivity contribution in [3.8, 4) is 0 Å². The molecule has 1 rings (SSSR count). The monoisotopic (exact) mass is 347 g/mol. The molecule has 1 aromatic carbocycles. The van der Waals surface area contributed by atoms with Crippen LogP contribution in [0.3, 0.4) is 0 Å². The number of halogens is 1. The fourth-order valence-electron chi connectivity index (χ4n) is 1.31. The summed E-state index contributed by atoms with van der Waals surface area (Å²) < 4.78 is 0.957. The predicted molar refractivity (Wildman–Crippen MR) is 77.1 cm³/mol. The third kappa shape index (κ3) is 3.96. The van der Waals surface area contributed by atoms with Crippen LogP contribution in [-0.2, 0) is 0 Å². The summed E-state index contributed by atoms with van der Waals surface area (Å²) in [5.74, 6) is -0.133. The van der Waals surface area contributed by atoms with Gasteiger partial charge in [-0.05, 0) is 54.5 Å². The van der Waals surface area contributed by atoms with Crippen molar-refractivity contribution < 1.29 is 9.90 Å². The van der Waals surface area contributed by atoms with Gasteiger partial charge >= 0.3 is 0 Å². The molecule has 0 aliphatic carbocycles. The Kier molecular flexibility index (Phi) is 4.94. The van der Waals surface area contributed by atoms with Gasteiger partial charge in [-0.3, -0.25) is 4.79 Å². The van der Waals surface area contributed by atoms with E-state index in [0.717, 1.165) is 9.13 Å². The van der Waals surface area contributed by atoms with E-state index < -0.39 is 5.60 Å². The molecule has 2 N–H and O–H groups in total. The van der Waals surface area contributed by atoms with Gasteiger partial charge in [0.1, 0.15) is 0 Å². The zero-order chi connectivity index (χ0) is 13.1. The fraction of sp³-hybridized carbons (Fsp3) is 0.462. The van der Waals surface area contributed by atoms with Crippen molar-refractivity contribution in [1.82, 2.24) is 5.32 Å². The van der Waals surface area contributed by atoms with E-state index in [9.17, 15) is 9.90 Å². The van der Waals surface area contributed by atoms with Crippen molar-refractivity contribution in [2.45, 2.75) is 32.8 Å². The van der Waals surface area contributed by atoms with Crippen LogP contribution >= 0.6 is 22.6 Å².